The van der Waals surface area contributed by atoms with E-state index in [4.69, 9.17) is 10.5 Å². The van der Waals surface area contributed by atoms with Gasteiger partial charge in [-0.15, -0.1) is 24.0 Å². The summed E-state index contributed by atoms with van der Waals surface area (Å²) >= 11 is 0. The zero-order valence-corrected chi connectivity index (χ0v) is 17.4. The Hall–Kier alpha value is -1.60. The van der Waals surface area contributed by atoms with Crippen LogP contribution in [-0.2, 0) is 24.5 Å². The van der Waals surface area contributed by atoms with Crippen LogP contribution in [0.25, 0.3) is 0 Å². The maximum absolute atomic E-state index is 5.99. The van der Waals surface area contributed by atoms with E-state index in [1.165, 1.54) is 5.56 Å². The average Bonchev–Trinajstić information content (AvgIpc) is 2.63. The minimum Gasteiger partial charge on any atom is -0.372 e. The summed E-state index contributed by atoms with van der Waals surface area (Å²) in [6.07, 6.45) is 0. The standard InChI is InChI=1S/C20H27N3O.HI/c1-3-23(4-2)20(21)22-14-17-10-12-19(13-11-17)16-24-15-18-8-6-5-7-9-18;/h5-13H,3-4,14-16H2,1-2H3,(H2,21,22);1H. The Morgan fingerprint density at radius 2 is 1.40 bits per heavy atom. The molecular weight excluding hydrogens is 425 g/mol. The maximum Gasteiger partial charge on any atom is 0.191 e. The Morgan fingerprint density at radius 1 is 0.880 bits per heavy atom. The fourth-order valence-corrected chi connectivity index (χ4v) is 2.42. The van der Waals surface area contributed by atoms with E-state index in [0.717, 1.165) is 24.2 Å². The largest absolute Gasteiger partial charge is 0.372 e. The Labute approximate surface area is 168 Å². The van der Waals surface area contributed by atoms with Crippen molar-refractivity contribution in [2.24, 2.45) is 10.7 Å². The first-order valence-electron chi connectivity index (χ1n) is 8.47. The van der Waals surface area contributed by atoms with E-state index in [1.54, 1.807) is 0 Å². The number of nitrogens with two attached hydrogens (primary N) is 1. The van der Waals surface area contributed by atoms with Crippen LogP contribution in [0.15, 0.2) is 59.6 Å². The van der Waals surface area contributed by atoms with Crippen LogP contribution in [0.3, 0.4) is 0 Å². The number of rotatable bonds is 8. The van der Waals surface area contributed by atoms with Gasteiger partial charge in [-0.1, -0.05) is 54.6 Å². The third-order valence-corrected chi connectivity index (χ3v) is 3.91. The van der Waals surface area contributed by atoms with Crippen LogP contribution in [0.5, 0.6) is 0 Å². The number of guanidine groups is 1. The molecule has 0 heterocycles. The molecule has 0 aromatic heterocycles. The summed E-state index contributed by atoms with van der Waals surface area (Å²) in [6, 6.07) is 18.5. The monoisotopic (exact) mass is 453 g/mol. The Kier molecular flexibility index (Phi) is 10.2. The highest BCUT2D eigenvalue weighted by atomic mass is 127. The Morgan fingerprint density at radius 3 is 1.96 bits per heavy atom. The van der Waals surface area contributed by atoms with E-state index in [0.29, 0.717) is 25.7 Å². The maximum atomic E-state index is 5.99. The molecule has 0 unspecified atom stereocenters. The molecule has 0 bridgehead atoms. The van der Waals surface area contributed by atoms with E-state index in [-0.39, 0.29) is 24.0 Å². The molecule has 25 heavy (non-hydrogen) atoms. The predicted molar refractivity (Wildman–Crippen MR) is 115 cm³/mol. The lowest BCUT2D eigenvalue weighted by Gasteiger charge is -2.19. The topological polar surface area (TPSA) is 50.8 Å². The molecule has 0 aliphatic carbocycles. The lowest BCUT2D eigenvalue weighted by Crippen LogP contribution is -2.37. The SMILES string of the molecule is CCN(CC)C(N)=NCc1ccc(COCc2ccccc2)cc1.I. The molecule has 5 heteroatoms. The first-order chi connectivity index (χ1) is 11.7. The second-order valence-corrected chi connectivity index (χ2v) is 5.64. The van der Waals surface area contributed by atoms with Crippen molar-refractivity contribution in [1.82, 2.24) is 4.90 Å². The van der Waals surface area contributed by atoms with Gasteiger partial charge < -0.3 is 15.4 Å². The van der Waals surface area contributed by atoms with Gasteiger partial charge in [-0.3, -0.25) is 0 Å². The van der Waals surface area contributed by atoms with Crippen LogP contribution >= 0.6 is 24.0 Å². The van der Waals surface area contributed by atoms with Crippen LogP contribution in [0.2, 0.25) is 0 Å². The van der Waals surface area contributed by atoms with Crippen LogP contribution in [0.4, 0.5) is 0 Å². The highest BCUT2D eigenvalue weighted by Crippen LogP contribution is 2.09. The molecule has 0 aliphatic heterocycles. The second-order valence-electron chi connectivity index (χ2n) is 5.64. The molecule has 0 fully saturated rings. The summed E-state index contributed by atoms with van der Waals surface area (Å²) in [5.41, 5.74) is 9.50. The van der Waals surface area contributed by atoms with E-state index in [2.05, 4.69) is 55.2 Å². The molecule has 2 aromatic rings. The first-order valence-corrected chi connectivity index (χ1v) is 8.47. The van der Waals surface area contributed by atoms with Crippen LogP contribution in [0.1, 0.15) is 30.5 Å². The van der Waals surface area contributed by atoms with Crippen molar-refractivity contribution < 1.29 is 4.74 Å². The number of ether oxygens (including phenoxy) is 1. The molecule has 0 saturated heterocycles. The zero-order valence-electron chi connectivity index (χ0n) is 15.0. The summed E-state index contributed by atoms with van der Waals surface area (Å²) in [4.78, 5) is 6.50. The summed E-state index contributed by atoms with van der Waals surface area (Å²) < 4.78 is 5.75. The van der Waals surface area contributed by atoms with Crippen molar-refractivity contribution in [1.29, 1.82) is 0 Å². The van der Waals surface area contributed by atoms with Crippen LogP contribution in [0, 0.1) is 0 Å². The highest BCUT2D eigenvalue weighted by Gasteiger charge is 2.02. The van der Waals surface area contributed by atoms with Gasteiger partial charge in [-0.2, -0.15) is 0 Å². The van der Waals surface area contributed by atoms with E-state index in [1.807, 2.05) is 23.1 Å². The molecule has 0 aliphatic rings. The molecule has 2 aromatic carbocycles. The lowest BCUT2D eigenvalue weighted by atomic mass is 10.1. The van der Waals surface area contributed by atoms with Gasteiger partial charge in [0, 0.05) is 13.1 Å². The van der Waals surface area contributed by atoms with Gasteiger partial charge in [0.1, 0.15) is 0 Å². The van der Waals surface area contributed by atoms with Gasteiger partial charge in [-0.25, -0.2) is 4.99 Å². The number of nitrogens with zero attached hydrogens (tertiary/aromatic N) is 2. The third-order valence-electron chi connectivity index (χ3n) is 3.91. The molecule has 0 radical (unpaired) electrons. The number of hydrogen-bond acceptors (Lipinski definition) is 2. The predicted octanol–water partition coefficient (Wildman–Crippen LogP) is 4.18. The van der Waals surface area contributed by atoms with E-state index in [9.17, 15) is 0 Å². The van der Waals surface area contributed by atoms with E-state index < -0.39 is 0 Å². The molecular formula is C20H28IN3O. The van der Waals surface area contributed by atoms with Gasteiger partial charge in [0.2, 0.25) is 0 Å². The van der Waals surface area contributed by atoms with Crippen molar-refractivity contribution in [3.63, 3.8) is 0 Å². The number of hydrogen-bond donors (Lipinski definition) is 1. The Balaban J connectivity index is 0.00000312. The summed E-state index contributed by atoms with van der Waals surface area (Å²) in [5.74, 6) is 0.607. The van der Waals surface area contributed by atoms with Gasteiger partial charge in [0.25, 0.3) is 0 Å². The molecule has 2 N–H and O–H groups in total. The van der Waals surface area contributed by atoms with Gasteiger partial charge in [-0.05, 0) is 30.5 Å². The van der Waals surface area contributed by atoms with E-state index >= 15 is 0 Å². The van der Waals surface area contributed by atoms with Gasteiger partial charge in [0.05, 0.1) is 19.8 Å². The van der Waals surface area contributed by atoms with Crippen molar-refractivity contribution >= 4 is 29.9 Å². The van der Waals surface area contributed by atoms with Gasteiger partial charge >= 0.3 is 0 Å². The van der Waals surface area contributed by atoms with Crippen molar-refractivity contribution in [2.45, 2.75) is 33.6 Å². The summed E-state index contributed by atoms with van der Waals surface area (Å²) in [6.45, 7) is 7.76. The molecule has 2 rings (SSSR count). The zero-order chi connectivity index (χ0) is 17.2. The van der Waals surface area contributed by atoms with Gasteiger partial charge in [0.15, 0.2) is 5.96 Å². The molecule has 136 valence electrons. The van der Waals surface area contributed by atoms with Crippen molar-refractivity contribution in [3.8, 4) is 0 Å². The molecule has 0 amide bonds. The molecule has 0 saturated carbocycles. The average molecular weight is 453 g/mol. The minimum atomic E-state index is 0. The number of benzene rings is 2. The van der Waals surface area contributed by atoms with Crippen molar-refractivity contribution in [2.75, 3.05) is 13.1 Å². The first kappa shape index (κ1) is 21.4. The molecule has 0 spiro atoms. The fourth-order valence-electron chi connectivity index (χ4n) is 2.42. The normalized spacial score (nSPS) is 11.0. The van der Waals surface area contributed by atoms with Crippen LogP contribution in [-0.4, -0.2) is 23.9 Å². The highest BCUT2D eigenvalue weighted by molar-refractivity contribution is 14.0. The lowest BCUT2D eigenvalue weighted by molar-refractivity contribution is 0.107. The number of aliphatic imine (C=N–C) groups is 1. The minimum absolute atomic E-state index is 0. The molecule has 0 atom stereocenters. The quantitative estimate of drug-likeness (QED) is 0.371. The smallest absolute Gasteiger partial charge is 0.191 e. The second kappa shape index (κ2) is 11.9. The third kappa shape index (κ3) is 7.44. The Bertz CT molecular complexity index is 625. The molecule has 4 nitrogen and oxygen atoms in total. The summed E-state index contributed by atoms with van der Waals surface area (Å²) in [7, 11) is 0. The summed E-state index contributed by atoms with van der Waals surface area (Å²) in [5, 5.41) is 0. The fraction of sp³-hybridized carbons (Fsp3) is 0.350. The van der Waals surface area contributed by atoms with Crippen LogP contribution < -0.4 is 5.73 Å². The number of halogens is 1. The van der Waals surface area contributed by atoms with Crippen molar-refractivity contribution in [3.05, 3.63) is 71.3 Å².